The molecule has 1 N–H and O–H groups in total. The number of carboxylic acids is 1. The normalized spacial score (nSPS) is 17.6. The fourth-order valence-corrected chi connectivity index (χ4v) is 7.01. The molecule has 16 heteroatoms. The van der Waals surface area contributed by atoms with E-state index < -0.39 is 48.6 Å². The molecule has 0 amide bonds. The fraction of sp³-hybridized carbons (Fsp3) is 0.385. The van der Waals surface area contributed by atoms with Crippen LogP contribution in [0, 0.1) is 11.6 Å². The second-order valence-electron chi connectivity index (χ2n) is 10.3. The molecule has 5 rings (SSSR count). The van der Waals surface area contributed by atoms with E-state index >= 15 is 8.78 Å². The molecule has 1 aromatic heterocycles. The molecular weight excluding hydrogens is 596 g/mol. The van der Waals surface area contributed by atoms with Crippen LogP contribution in [0.15, 0.2) is 41.3 Å². The minimum Gasteiger partial charge on any atom is -0.477 e. The number of carboxylic acid groups (broad SMARTS) is 1. The summed E-state index contributed by atoms with van der Waals surface area (Å²) in [5, 5.41) is 9.40. The Kier molecular flexibility index (Phi) is 7.76. The molecule has 0 spiro atoms. The number of carbonyl (C=O) groups is 1. The Labute approximate surface area is 241 Å². The van der Waals surface area contributed by atoms with Crippen LogP contribution in [0.3, 0.4) is 0 Å². The van der Waals surface area contributed by atoms with Gasteiger partial charge >= 0.3 is 5.97 Å². The average Bonchev–Trinajstić information content (AvgIpc) is 2.92. The van der Waals surface area contributed by atoms with Gasteiger partial charge in [-0.1, -0.05) is 0 Å². The number of aromatic nitrogens is 1. The molecule has 2 aromatic carbocycles. The van der Waals surface area contributed by atoms with E-state index in [1.165, 1.54) is 31.4 Å². The predicted octanol–water partition coefficient (Wildman–Crippen LogP) is 1.13. The molecule has 3 heterocycles. The smallest absolute Gasteiger partial charge is 0.341 e. The van der Waals surface area contributed by atoms with Crippen molar-refractivity contribution in [3.05, 3.63) is 63.9 Å². The molecule has 2 saturated heterocycles. The number of benzene rings is 2. The Balaban J connectivity index is 1.55. The summed E-state index contributed by atoms with van der Waals surface area (Å²) in [5.74, 6) is -3.10. The molecule has 2 aliphatic heterocycles. The molecular formula is C26H29F2N5O7S2. The summed E-state index contributed by atoms with van der Waals surface area (Å²) in [5.41, 5.74) is -1.06. The van der Waals surface area contributed by atoms with Crippen LogP contribution < -0.4 is 15.2 Å². The Hall–Kier alpha value is -3.60. The molecule has 226 valence electrons. The van der Waals surface area contributed by atoms with Gasteiger partial charge in [0.05, 0.1) is 29.4 Å². The van der Waals surface area contributed by atoms with Crippen molar-refractivity contribution in [3.63, 3.8) is 0 Å². The molecule has 0 radical (unpaired) electrons. The van der Waals surface area contributed by atoms with Gasteiger partial charge in [0.15, 0.2) is 0 Å². The van der Waals surface area contributed by atoms with Crippen LogP contribution in [0.2, 0.25) is 0 Å². The van der Waals surface area contributed by atoms with E-state index in [0.717, 1.165) is 24.8 Å². The van der Waals surface area contributed by atoms with Gasteiger partial charge < -0.3 is 19.5 Å². The summed E-state index contributed by atoms with van der Waals surface area (Å²) in [6.45, 7) is 1.73. The number of hydrogen-bond donors (Lipinski definition) is 1. The zero-order chi connectivity index (χ0) is 30.6. The van der Waals surface area contributed by atoms with Crippen molar-refractivity contribution in [1.29, 1.82) is 0 Å². The minimum atomic E-state index is -3.43. The number of fused-ring (bicyclic) bond motifs is 1. The molecule has 12 nitrogen and oxygen atoms in total. The van der Waals surface area contributed by atoms with E-state index in [4.69, 9.17) is 0 Å². The maximum Gasteiger partial charge on any atom is 0.341 e. The molecule has 2 fully saturated rings. The van der Waals surface area contributed by atoms with Crippen molar-refractivity contribution < 1.29 is 35.5 Å². The number of hydrogen-bond acceptors (Lipinski definition) is 8. The first-order chi connectivity index (χ1) is 19.6. The molecule has 0 bridgehead atoms. The molecule has 0 aliphatic carbocycles. The molecule has 42 heavy (non-hydrogen) atoms. The van der Waals surface area contributed by atoms with Crippen LogP contribution >= 0.6 is 0 Å². The number of pyridine rings is 1. The van der Waals surface area contributed by atoms with Crippen LogP contribution in [0.25, 0.3) is 16.6 Å². The number of sulfonamides is 2. The van der Waals surface area contributed by atoms with Crippen LogP contribution in [0.1, 0.15) is 10.4 Å². The Bertz CT molecular complexity index is 1850. The van der Waals surface area contributed by atoms with Crippen molar-refractivity contribution in [2.24, 2.45) is 0 Å². The van der Waals surface area contributed by atoms with Crippen LogP contribution in [-0.2, 0) is 20.0 Å². The van der Waals surface area contributed by atoms with E-state index in [1.54, 1.807) is 11.0 Å². The van der Waals surface area contributed by atoms with Gasteiger partial charge in [-0.2, -0.15) is 8.61 Å². The highest BCUT2D eigenvalue weighted by Gasteiger charge is 2.27. The maximum absolute atomic E-state index is 15.7. The summed E-state index contributed by atoms with van der Waals surface area (Å²) in [4.78, 5) is 28.3. The zero-order valence-electron chi connectivity index (χ0n) is 22.8. The summed E-state index contributed by atoms with van der Waals surface area (Å²) in [7, 11) is -6.77. The van der Waals surface area contributed by atoms with E-state index in [-0.39, 0.29) is 61.5 Å². The second-order valence-corrected chi connectivity index (χ2v) is 14.3. The lowest BCUT2D eigenvalue weighted by Crippen LogP contribution is -2.48. The van der Waals surface area contributed by atoms with Crippen molar-refractivity contribution in [3.8, 4) is 5.69 Å². The lowest BCUT2D eigenvalue weighted by atomic mass is 10.1. The monoisotopic (exact) mass is 625 g/mol. The summed E-state index contributed by atoms with van der Waals surface area (Å²) in [6, 6.07) is 6.52. The molecule has 2 aliphatic rings. The summed E-state index contributed by atoms with van der Waals surface area (Å²) < 4.78 is 82.2. The lowest BCUT2D eigenvalue weighted by molar-refractivity contribution is 0.0695. The highest BCUT2D eigenvalue weighted by atomic mass is 32.2. The van der Waals surface area contributed by atoms with E-state index in [9.17, 15) is 31.5 Å². The lowest BCUT2D eigenvalue weighted by Gasteiger charge is -2.35. The molecule has 0 saturated carbocycles. The number of piperazine rings is 2. The number of rotatable bonds is 6. The van der Waals surface area contributed by atoms with Crippen LogP contribution in [0.4, 0.5) is 20.2 Å². The number of halogens is 2. The number of nitrogens with zero attached hydrogens (tertiary/aromatic N) is 5. The first kappa shape index (κ1) is 29.9. The third-order valence-corrected chi connectivity index (χ3v) is 10.2. The topological polar surface area (TPSA) is 141 Å². The third kappa shape index (κ3) is 5.71. The Morgan fingerprint density at radius 1 is 0.762 bits per heavy atom. The van der Waals surface area contributed by atoms with Gasteiger partial charge in [-0.15, -0.1) is 0 Å². The Morgan fingerprint density at radius 3 is 1.79 bits per heavy atom. The minimum absolute atomic E-state index is 0.0626. The largest absolute Gasteiger partial charge is 0.477 e. The van der Waals surface area contributed by atoms with Crippen molar-refractivity contribution in [1.82, 2.24) is 13.2 Å². The quantitative estimate of drug-likeness (QED) is 0.427. The summed E-state index contributed by atoms with van der Waals surface area (Å²) >= 11 is 0. The van der Waals surface area contributed by atoms with Gasteiger partial charge in [0.1, 0.15) is 17.2 Å². The standard InChI is InChI=1S/C26H29F2N5O7S2/c1-41(37,38)31-9-5-29(6-10-31)17-3-4-22(20(27)13-17)33-16-19(26(35)36)25(34)18-14-21(28)24(15-23(18)33)30-7-11-32(12-8-30)42(2,39)40/h3-4,13-16H,5-12H2,1-2H3,(H,35,36). The first-order valence-corrected chi connectivity index (χ1v) is 16.7. The maximum atomic E-state index is 15.7. The van der Waals surface area contributed by atoms with Gasteiger partial charge in [-0.3, -0.25) is 4.79 Å². The van der Waals surface area contributed by atoms with Gasteiger partial charge in [-0.05, 0) is 30.3 Å². The fourth-order valence-electron chi connectivity index (χ4n) is 5.35. The number of anilines is 2. The van der Waals surface area contributed by atoms with Crippen LogP contribution in [0.5, 0.6) is 0 Å². The predicted molar refractivity (Wildman–Crippen MR) is 154 cm³/mol. The SMILES string of the molecule is CS(=O)(=O)N1CCN(c2ccc(-n3cc(C(=O)O)c(=O)c4cc(F)c(N5CCN(S(C)(=O)=O)CC5)cc43)c(F)c2)CC1. The van der Waals surface area contributed by atoms with Gasteiger partial charge in [0, 0.05) is 69.6 Å². The van der Waals surface area contributed by atoms with Crippen LogP contribution in [-0.4, -0.2) is 106 Å². The first-order valence-electron chi connectivity index (χ1n) is 13.0. The van der Waals surface area contributed by atoms with Gasteiger partial charge in [0.25, 0.3) is 0 Å². The number of aromatic carboxylic acids is 1. The second kappa shape index (κ2) is 10.9. The van der Waals surface area contributed by atoms with Crippen molar-refractivity contribution >= 4 is 48.3 Å². The third-order valence-electron chi connectivity index (χ3n) is 7.61. The molecule has 3 aromatic rings. The zero-order valence-corrected chi connectivity index (χ0v) is 24.5. The van der Waals surface area contributed by atoms with Crippen molar-refractivity contribution in [2.75, 3.05) is 74.7 Å². The summed E-state index contributed by atoms with van der Waals surface area (Å²) in [6.07, 6.45) is 3.22. The highest BCUT2D eigenvalue weighted by molar-refractivity contribution is 7.88. The molecule has 0 atom stereocenters. The molecule has 0 unspecified atom stereocenters. The Morgan fingerprint density at radius 2 is 1.29 bits per heavy atom. The van der Waals surface area contributed by atoms with Gasteiger partial charge in [-0.25, -0.2) is 30.4 Å². The van der Waals surface area contributed by atoms with E-state index in [0.29, 0.717) is 18.8 Å². The van der Waals surface area contributed by atoms with Crippen molar-refractivity contribution in [2.45, 2.75) is 0 Å². The van der Waals surface area contributed by atoms with E-state index in [2.05, 4.69) is 0 Å². The van der Waals surface area contributed by atoms with E-state index in [1.807, 2.05) is 4.90 Å². The highest BCUT2D eigenvalue weighted by Crippen LogP contribution is 2.30. The average molecular weight is 626 g/mol. The van der Waals surface area contributed by atoms with Gasteiger partial charge in [0.2, 0.25) is 25.5 Å².